The smallest absolute Gasteiger partial charge is 0.0346 e. The van der Waals surface area contributed by atoms with Gasteiger partial charge in [0.1, 0.15) is 0 Å². The third-order valence-electron chi connectivity index (χ3n) is 5.40. The van der Waals surface area contributed by atoms with Gasteiger partial charge >= 0.3 is 0 Å². The Kier molecular flexibility index (Phi) is 3.07. The van der Waals surface area contributed by atoms with Crippen molar-refractivity contribution in [2.24, 2.45) is 0 Å². The van der Waals surface area contributed by atoms with E-state index in [2.05, 4.69) is 20.0 Å². The Bertz CT molecular complexity index is 292. The highest BCUT2D eigenvalue weighted by Crippen LogP contribution is 2.31. The van der Waals surface area contributed by atoms with Gasteiger partial charge in [0.15, 0.2) is 0 Å². The Morgan fingerprint density at radius 1 is 0.611 bits per heavy atom. The number of piperazine rings is 1. The molecule has 1 aliphatic carbocycles. The maximum atomic E-state index is 3.39. The van der Waals surface area contributed by atoms with Crippen molar-refractivity contribution >= 4 is 0 Å². The lowest BCUT2D eigenvalue weighted by molar-refractivity contribution is 0.0531. The Balaban J connectivity index is 1.26. The molecule has 1 atom stereocenters. The number of hydrogen-bond acceptors (Lipinski definition) is 4. The van der Waals surface area contributed by atoms with Gasteiger partial charge in [-0.3, -0.25) is 14.7 Å². The molecule has 1 N–H and O–H groups in total. The van der Waals surface area contributed by atoms with Gasteiger partial charge in [-0.25, -0.2) is 0 Å². The summed E-state index contributed by atoms with van der Waals surface area (Å²) in [5.74, 6) is 0. The van der Waals surface area contributed by atoms with Gasteiger partial charge in [0.2, 0.25) is 0 Å². The first-order valence-corrected chi connectivity index (χ1v) is 7.83. The summed E-state index contributed by atoms with van der Waals surface area (Å²) in [6.07, 6.45) is 4.35. The lowest BCUT2D eigenvalue weighted by Crippen LogP contribution is -2.62. The average Bonchev–Trinajstić information content (AvgIpc) is 3.07. The largest absolute Gasteiger partial charge is 0.314 e. The SMILES string of the molecule is C1CN(C2CC2)CC1N1CCN(C2CNC2)CC1. The van der Waals surface area contributed by atoms with Crippen LogP contribution in [-0.2, 0) is 0 Å². The second kappa shape index (κ2) is 4.75. The van der Waals surface area contributed by atoms with Crippen molar-refractivity contribution in [2.75, 3.05) is 52.4 Å². The van der Waals surface area contributed by atoms with Crippen molar-refractivity contribution in [3.05, 3.63) is 0 Å². The molecule has 0 aromatic carbocycles. The third-order valence-corrected chi connectivity index (χ3v) is 5.40. The van der Waals surface area contributed by atoms with Crippen molar-refractivity contribution in [3.8, 4) is 0 Å². The quantitative estimate of drug-likeness (QED) is 0.749. The Labute approximate surface area is 110 Å². The van der Waals surface area contributed by atoms with E-state index < -0.39 is 0 Å². The molecule has 3 aliphatic heterocycles. The van der Waals surface area contributed by atoms with Crippen LogP contribution in [0, 0.1) is 0 Å². The molecule has 0 bridgehead atoms. The summed E-state index contributed by atoms with van der Waals surface area (Å²) in [4.78, 5) is 8.21. The van der Waals surface area contributed by atoms with Crippen LogP contribution >= 0.6 is 0 Å². The highest BCUT2D eigenvalue weighted by Gasteiger charge is 2.37. The fourth-order valence-electron chi connectivity index (χ4n) is 3.84. The van der Waals surface area contributed by atoms with E-state index >= 15 is 0 Å². The molecule has 0 amide bonds. The van der Waals surface area contributed by atoms with E-state index in [0.717, 1.165) is 18.1 Å². The maximum Gasteiger partial charge on any atom is 0.0346 e. The zero-order chi connectivity index (χ0) is 11.9. The van der Waals surface area contributed by atoms with Crippen LogP contribution in [0.5, 0.6) is 0 Å². The van der Waals surface area contributed by atoms with Crippen LogP contribution in [0.15, 0.2) is 0 Å². The molecule has 102 valence electrons. The highest BCUT2D eigenvalue weighted by molar-refractivity contribution is 4.95. The predicted octanol–water partition coefficient (Wildman–Crippen LogP) is -0.187. The number of nitrogens with one attached hydrogen (secondary N) is 1. The summed E-state index contributed by atoms with van der Waals surface area (Å²) in [5.41, 5.74) is 0. The standard InChI is InChI=1S/C14H26N4/c1-2-12(1)18-4-3-13(11-18)16-5-7-17(8-6-16)14-9-15-10-14/h12-15H,1-11H2. The van der Waals surface area contributed by atoms with Gasteiger partial charge in [-0.1, -0.05) is 0 Å². The number of hydrogen-bond donors (Lipinski definition) is 1. The van der Waals surface area contributed by atoms with E-state index in [1.165, 1.54) is 71.6 Å². The normalized spacial score (nSPS) is 37.0. The monoisotopic (exact) mass is 250 g/mol. The molecule has 4 aliphatic rings. The van der Waals surface area contributed by atoms with Crippen molar-refractivity contribution in [1.29, 1.82) is 0 Å². The molecular weight excluding hydrogens is 224 g/mol. The van der Waals surface area contributed by atoms with Gasteiger partial charge in [0.25, 0.3) is 0 Å². The van der Waals surface area contributed by atoms with E-state index in [0.29, 0.717) is 0 Å². The molecule has 0 spiro atoms. The van der Waals surface area contributed by atoms with Crippen LogP contribution in [0.4, 0.5) is 0 Å². The Morgan fingerprint density at radius 3 is 1.83 bits per heavy atom. The fraction of sp³-hybridized carbons (Fsp3) is 1.00. The zero-order valence-corrected chi connectivity index (χ0v) is 11.4. The van der Waals surface area contributed by atoms with Gasteiger partial charge < -0.3 is 5.32 Å². The maximum absolute atomic E-state index is 3.39. The number of likely N-dealkylation sites (tertiary alicyclic amines) is 1. The van der Waals surface area contributed by atoms with Gasteiger partial charge in [-0.15, -0.1) is 0 Å². The van der Waals surface area contributed by atoms with E-state index in [-0.39, 0.29) is 0 Å². The minimum atomic E-state index is 0.846. The minimum absolute atomic E-state index is 0.846. The van der Waals surface area contributed by atoms with Gasteiger partial charge in [0.05, 0.1) is 0 Å². The van der Waals surface area contributed by atoms with Crippen LogP contribution in [0.3, 0.4) is 0 Å². The minimum Gasteiger partial charge on any atom is -0.314 e. The Morgan fingerprint density at radius 2 is 1.28 bits per heavy atom. The molecule has 18 heavy (non-hydrogen) atoms. The van der Waals surface area contributed by atoms with Gasteiger partial charge in [-0.05, 0) is 19.3 Å². The van der Waals surface area contributed by atoms with Crippen LogP contribution in [0.25, 0.3) is 0 Å². The first kappa shape index (κ1) is 11.6. The summed E-state index contributed by atoms with van der Waals surface area (Å²) in [6, 6.07) is 2.68. The van der Waals surface area contributed by atoms with Crippen molar-refractivity contribution in [3.63, 3.8) is 0 Å². The van der Waals surface area contributed by atoms with E-state index in [4.69, 9.17) is 0 Å². The molecule has 4 nitrogen and oxygen atoms in total. The molecule has 0 radical (unpaired) electrons. The number of rotatable bonds is 3. The molecule has 3 heterocycles. The van der Waals surface area contributed by atoms with Crippen LogP contribution in [0.1, 0.15) is 19.3 Å². The molecule has 1 saturated carbocycles. The van der Waals surface area contributed by atoms with E-state index in [1.807, 2.05) is 0 Å². The van der Waals surface area contributed by atoms with E-state index in [1.54, 1.807) is 0 Å². The molecule has 4 fully saturated rings. The molecule has 0 aromatic rings. The lowest BCUT2D eigenvalue weighted by atomic mass is 10.1. The summed E-state index contributed by atoms with van der Waals surface area (Å²) in [6.45, 7) is 10.4. The van der Waals surface area contributed by atoms with Crippen LogP contribution in [-0.4, -0.2) is 85.2 Å². The molecule has 4 heteroatoms. The topological polar surface area (TPSA) is 21.8 Å². The Hall–Kier alpha value is -0.160. The summed E-state index contributed by atoms with van der Waals surface area (Å²) < 4.78 is 0. The third kappa shape index (κ3) is 2.20. The fourth-order valence-corrected chi connectivity index (χ4v) is 3.84. The first-order chi connectivity index (χ1) is 8.90. The van der Waals surface area contributed by atoms with Crippen LogP contribution < -0.4 is 5.32 Å². The molecular formula is C14H26N4. The lowest BCUT2D eigenvalue weighted by Gasteiger charge is -2.44. The van der Waals surface area contributed by atoms with Gasteiger partial charge in [0, 0.05) is 70.5 Å². The van der Waals surface area contributed by atoms with Crippen molar-refractivity contribution in [2.45, 2.75) is 37.4 Å². The summed E-state index contributed by atoms with van der Waals surface area (Å²) >= 11 is 0. The van der Waals surface area contributed by atoms with Gasteiger partial charge in [-0.2, -0.15) is 0 Å². The summed E-state index contributed by atoms with van der Waals surface area (Å²) in [5, 5.41) is 3.39. The molecule has 3 saturated heterocycles. The second-order valence-corrected chi connectivity index (χ2v) is 6.55. The van der Waals surface area contributed by atoms with E-state index in [9.17, 15) is 0 Å². The summed E-state index contributed by atoms with van der Waals surface area (Å²) in [7, 11) is 0. The van der Waals surface area contributed by atoms with Crippen molar-refractivity contribution in [1.82, 2.24) is 20.0 Å². The predicted molar refractivity (Wildman–Crippen MR) is 72.8 cm³/mol. The average molecular weight is 250 g/mol. The molecule has 1 unspecified atom stereocenters. The molecule has 0 aromatic heterocycles. The number of nitrogens with zero attached hydrogens (tertiary/aromatic N) is 3. The highest BCUT2D eigenvalue weighted by atomic mass is 15.3. The second-order valence-electron chi connectivity index (χ2n) is 6.55. The molecule has 4 rings (SSSR count). The zero-order valence-electron chi connectivity index (χ0n) is 11.4. The van der Waals surface area contributed by atoms with Crippen LogP contribution in [0.2, 0.25) is 0 Å². The van der Waals surface area contributed by atoms with Crippen molar-refractivity contribution < 1.29 is 0 Å². The first-order valence-electron chi connectivity index (χ1n) is 7.83.